The van der Waals surface area contributed by atoms with Gasteiger partial charge in [0, 0.05) is 5.54 Å². The van der Waals surface area contributed by atoms with E-state index in [0.717, 1.165) is 23.9 Å². The summed E-state index contributed by atoms with van der Waals surface area (Å²) in [6, 6.07) is 6.27. The molecular weight excluding hydrogens is 202 g/mol. The zero-order valence-corrected chi connectivity index (χ0v) is 9.23. The van der Waals surface area contributed by atoms with Crippen molar-refractivity contribution in [2.45, 2.75) is 24.4 Å². The second-order valence-electron chi connectivity index (χ2n) is 4.53. The van der Waals surface area contributed by atoms with Crippen LogP contribution in [-0.2, 0) is 0 Å². The minimum Gasteiger partial charge on any atom is -0.443 e. The molecule has 2 aromatic rings. The molecule has 4 nitrogen and oxygen atoms in total. The molecule has 0 radical (unpaired) electrons. The minimum absolute atomic E-state index is 0.0809. The molecule has 0 saturated heterocycles. The zero-order valence-electron chi connectivity index (χ0n) is 9.23. The molecule has 1 heterocycles. The van der Waals surface area contributed by atoms with Gasteiger partial charge in [-0.1, -0.05) is 6.07 Å². The van der Waals surface area contributed by atoms with Crippen molar-refractivity contribution in [1.82, 2.24) is 10.3 Å². The first kappa shape index (κ1) is 9.81. The molecule has 0 spiro atoms. The number of hydrogen-bond donors (Lipinski definition) is 2. The van der Waals surface area contributed by atoms with E-state index in [4.69, 9.17) is 10.2 Å². The van der Waals surface area contributed by atoms with Gasteiger partial charge in [0.25, 0.3) is 0 Å². The molecule has 1 unspecified atom stereocenters. The van der Waals surface area contributed by atoms with Crippen molar-refractivity contribution >= 4 is 11.1 Å². The number of fused-ring (bicyclic) bond motifs is 1. The molecule has 1 saturated carbocycles. The highest BCUT2D eigenvalue weighted by Gasteiger charge is 2.45. The summed E-state index contributed by atoms with van der Waals surface area (Å²) in [6.07, 6.45) is 3.62. The maximum absolute atomic E-state index is 6.24. The van der Waals surface area contributed by atoms with Crippen molar-refractivity contribution in [2.75, 3.05) is 7.05 Å². The topological polar surface area (TPSA) is 64.1 Å². The van der Waals surface area contributed by atoms with Crippen LogP contribution >= 0.6 is 0 Å². The van der Waals surface area contributed by atoms with Crippen molar-refractivity contribution in [3.05, 3.63) is 30.2 Å². The molecule has 1 aliphatic rings. The van der Waals surface area contributed by atoms with Gasteiger partial charge < -0.3 is 15.5 Å². The summed E-state index contributed by atoms with van der Waals surface area (Å²) in [7, 11) is 1.95. The molecule has 0 aliphatic heterocycles. The van der Waals surface area contributed by atoms with E-state index in [1.165, 1.54) is 12.0 Å². The first-order valence-electron chi connectivity index (χ1n) is 5.52. The second-order valence-corrected chi connectivity index (χ2v) is 4.53. The number of oxazole rings is 1. The van der Waals surface area contributed by atoms with Gasteiger partial charge >= 0.3 is 0 Å². The summed E-state index contributed by atoms with van der Waals surface area (Å²) in [5.74, 6) is 0. The maximum atomic E-state index is 6.24. The van der Waals surface area contributed by atoms with E-state index in [0.29, 0.717) is 0 Å². The van der Waals surface area contributed by atoms with E-state index in [2.05, 4.69) is 16.4 Å². The van der Waals surface area contributed by atoms with Gasteiger partial charge in [0.1, 0.15) is 5.52 Å². The number of benzene rings is 1. The van der Waals surface area contributed by atoms with E-state index >= 15 is 0 Å². The van der Waals surface area contributed by atoms with E-state index in [-0.39, 0.29) is 11.6 Å². The molecule has 16 heavy (non-hydrogen) atoms. The van der Waals surface area contributed by atoms with E-state index in [1.807, 2.05) is 19.2 Å². The lowest BCUT2D eigenvalue weighted by Gasteiger charge is -2.23. The minimum atomic E-state index is -0.0809. The Morgan fingerprint density at radius 1 is 1.50 bits per heavy atom. The average molecular weight is 217 g/mol. The van der Waals surface area contributed by atoms with Crippen molar-refractivity contribution in [3.8, 4) is 0 Å². The van der Waals surface area contributed by atoms with Crippen LogP contribution in [0.15, 0.2) is 29.0 Å². The molecule has 1 aliphatic carbocycles. The van der Waals surface area contributed by atoms with Crippen LogP contribution in [0.25, 0.3) is 11.1 Å². The third-order valence-electron chi connectivity index (χ3n) is 3.38. The monoisotopic (exact) mass is 217 g/mol. The van der Waals surface area contributed by atoms with E-state index < -0.39 is 0 Å². The van der Waals surface area contributed by atoms with Gasteiger partial charge in [-0.15, -0.1) is 0 Å². The van der Waals surface area contributed by atoms with Crippen LogP contribution in [0.2, 0.25) is 0 Å². The third-order valence-corrected chi connectivity index (χ3v) is 3.38. The van der Waals surface area contributed by atoms with Crippen LogP contribution < -0.4 is 11.1 Å². The molecule has 4 heteroatoms. The van der Waals surface area contributed by atoms with Gasteiger partial charge in [-0.3, -0.25) is 0 Å². The first-order chi connectivity index (χ1) is 7.73. The Morgan fingerprint density at radius 2 is 2.31 bits per heavy atom. The molecule has 84 valence electrons. The average Bonchev–Trinajstić information content (AvgIpc) is 2.86. The largest absolute Gasteiger partial charge is 0.443 e. The van der Waals surface area contributed by atoms with Crippen LogP contribution in [0, 0.1) is 0 Å². The fourth-order valence-electron chi connectivity index (χ4n) is 2.27. The summed E-state index contributed by atoms with van der Waals surface area (Å²) < 4.78 is 5.31. The Balaban J connectivity index is 2.03. The van der Waals surface area contributed by atoms with E-state index in [1.54, 1.807) is 0 Å². The Labute approximate surface area is 93.8 Å². The van der Waals surface area contributed by atoms with Gasteiger partial charge in [0.2, 0.25) is 0 Å². The first-order valence-corrected chi connectivity index (χ1v) is 5.52. The number of rotatable bonds is 3. The molecular formula is C12H15N3O. The highest BCUT2D eigenvalue weighted by Crippen LogP contribution is 2.43. The Kier molecular flexibility index (Phi) is 2.02. The summed E-state index contributed by atoms with van der Waals surface area (Å²) in [4.78, 5) is 4.10. The Morgan fingerprint density at radius 3 is 3.00 bits per heavy atom. The molecule has 3 rings (SSSR count). The number of hydrogen-bond acceptors (Lipinski definition) is 4. The third kappa shape index (κ3) is 1.42. The summed E-state index contributed by atoms with van der Waals surface area (Å²) >= 11 is 0. The van der Waals surface area contributed by atoms with Crippen molar-refractivity contribution < 1.29 is 4.42 Å². The highest BCUT2D eigenvalue weighted by molar-refractivity contribution is 5.73. The smallest absolute Gasteiger partial charge is 0.181 e. The van der Waals surface area contributed by atoms with Gasteiger partial charge in [-0.05, 0) is 37.6 Å². The highest BCUT2D eigenvalue weighted by atomic mass is 16.3. The molecule has 1 aromatic carbocycles. The lowest BCUT2D eigenvalue weighted by molar-refractivity contribution is 0.461. The molecule has 0 amide bonds. The van der Waals surface area contributed by atoms with Gasteiger partial charge in [0.15, 0.2) is 12.0 Å². The van der Waals surface area contributed by atoms with Crippen molar-refractivity contribution in [3.63, 3.8) is 0 Å². The molecule has 1 fully saturated rings. The number of nitrogens with zero attached hydrogens (tertiary/aromatic N) is 1. The summed E-state index contributed by atoms with van der Waals surface area (Å²) in [5.41, 5.74) is 9.05. The van der Waals surface area contributed by atoms with Crippen LogP contribution in [-0.4, -0.2) is 17.6 Å². The van der Waals surface area contributed by atoms with Crippen LogP contribution in [0.4, 0.5) is 0 Å². The van der Waals surface area contributed by atoms with Gasteiger partial charge in [-0.2, -0.15) is 0 Å². The summed E-state index contributed by atoms with van der Waals surface area (Å²) in [6.45, 7) is 0. The molecule has 1 aromatic heterocycles. The second kappa shape index (κ2) is 3.30. The number of aromatic nitrogens is 1. The van der Waals surface area contributed by atoms with Crippen molar-refractivity contribution in [1.29, 1.82) is 0 Å². The van der Waals surface area contributed by atoms with Crippen LogP contribution in [0.3, 0.4) is 0 Å². The molecule has 3 N–H and O–H groups in total. The number of nitrogens with one attached hydrogen (secondary N) is 1. The van der Waals surface area contributed by atoms with Gasteiger partial charge in [0.05, 0.1) is 6.04 Å². The fourth-order valence-corrected chi connectivity index (χ4v) is 2.27. The molecule has 1 atom stereocenters. The van der Waals surface area contributed by atoms with Crippen LogP contribution in [0.1, 0.15) is 24.4 Å². The quantitative estimate of drug-likeness (QED) is 0.819. The van der Waals surface area contributed by atoms with Gasteiger partial charge in [-0.25, -0.2) is 4.98 Å². The van der Waals surface area contributed by atoms with Crippen LogP contribution in [0.5, 0.6) is 0 Å². The number of likely N-dealkylation sites (N-methyl/N-ethyl adjacent to an activating group) is 1. The van der Waals surface area contributed by atoms with Crippen molar-refractivity contribution in [2.24, 2.45) is 5.73 Å². The SMILES string of the molecule is CNC(c1ccc2ncoc2c1)C1(N)CC1. The predicted octanol–water partition coefficient (Wildman–Crippen LogP) is 1.58. The maximum Gasteiger partial charge on any atom is 0.181 e. The standard InChI is InChI=1S/C12H15N3O/c1-14-11(12(13)4-5-12)8-2-3-9-10(6-8)16-7-15-9/h2-3,6-7,11,14H,4-5,13H2,1H3. The fraction of sp³-hybridized carbons (Fsp3) is 0.417. The predicted molar refractivity (Wildman–Crippen MR) is 62.0 cm³/mol. The summed E-state index contributed by atoms with van der Waals surface area (Å²) in [5, 5.41) is 3.29. The zero-order chi connectivity index (χ0) is 11.2. The number of nitrogens with two attached hydrogens (primary N) is 1. The molecule has 0 bridgehead atoms. The Hall–Kier alpha value is -1.39. The lowest BCUT2D eigenvalue weighted by atomic mass is 9.98. The lowest BCUT2D eigenvalue weighted by Crippen LogP contribution is -2.38. The normalized spacial score (nSPS) is 19.9. The van der Waals surface area contributed by atoms with E-state index in [9.17, 15) is 0 Å². The Bertz CT molecular complexity index is 516.